The Kier molecular flexibility index (Phi) is 4.43. The SMILES string of the molecule is COC(=O)c1ccc(N2CCN[C@H](C(C)C)C2)cc1. The van der Waals surface area contributed by atoms with Gasteiger partial charge in [0.05, 0.1) is 12.7 Å². The molecule has 104 valence electrons. The van der Waals surface area contributed by atoms with Crippen LogP contribution in [0.1, 0.15) is 24.2 Å². The first kappa shape index (κ1) is 13.9. The van der Waals surface area contributed by atoms with E-state index in [1.807, 2.05) is 24.3 Å². The van der Waals surface area contributed by atoms with Gasteiger partial charge in [-0.25, -0.2) is 4.79 Å². The highest BCUT2D eigenvalue weighted by Crippen LogP contribution is 2.19. The highest BCUT2D eigenvalue weighted by Gasteiger charge is 2.21. The summed E-state index contributed by atoms with van der Waals surface area (Å²) in [5.74, 6) is 0.337. The molecule has 0 radical (unpaired) electrons. The van der Waals surface area contributed by atoms with Crippen molar-refractivity contribution in [2.24, 2.45) is 5.92 Å². The Labute approximate surface area is 114 Å². The summed E-state index contributed by atoms with van der Waals surface area (Å²) in [4.78, 5) is 13.8. The van der Waals surface area contributed by atoms with Crippen molar-refractivity contribution in [1.29, 1.82) is 0 Å². The number of hydrogen-bond donors (Lipinski definition) is 1. The van der Waals surface area contributed by atoms with Crippen molar-refractivity contribution >= 4 is 11.7 Å². The predicted octanol–water partition coefficient (Wildman–Crippen LogP) is 1.91. The van der Waals surface area contributed by atoms with Crippen molar-refractivity contribution in [2.45, 2.75) is 19.9 Å². The van der Waals surface area contributed by atoms with Gasteiger partial charge in [-0.3, -0.25) is 0 Å². The Hall–Kier alpha value is -1.55. The molecule has 2 rings (SSSR count). The van der Waals surface area contributed by atoms with Gasteiger partial charge in [-0.1, -0.05) is 13.8 Å². The van der Waals surface area contributed by atoms with E-state index in [-0.39, 0.29) is 5.97 Å². The summed E-state index contributed by atoms with van der Waals surface area (Å²) < 4.78 is 4.71. The third-order valence-corrected chi connectivity index (χ3v) is 3.66. The maximum atomic E-state index is 11.4. The minimum Gasteiger partial charge on any atom is -0.465 e. The number of piperazine rings is 1. The molecule has 1 aromatic carbocycles. The molecule has 0 unspecified atom stereocenters. The molecule has 0 aliphatic carbocycles. The first-order valence-corrected chi connectivity index (χ1v) is 6.78. The first-order chi connectivity index (χ1) is 9.11. The molecule has 1 aromatic rings. The van der Waals surface area contributed by atoms with Gasteiger partial charge in [0.25, 0.3) is 0 Å². The third-order valence-electron chi connectivity index (χ3n) is 3.66. The molecule has 1 heterocycles. The molecule has 0 saturated carbocycles. The summed E-state index contributed by atoms with van der Waals surface area (Å²) in [5.41, 5.74) is 1.77. The van der Waals surface area contributed by atoms with Crippen molar-refractivity contribution < 1.29 is 9.53 Å². The number of nitrogens with zero attached hydrogens (tertiary/aromatic N) is 1. The van der Waals surface area contributed by atoms with Gasteiger partial charge >= 0.3 is 5.97 Å². The van der Waals surface area contributed by atoms with Gasteiger partial charge in [-0.05, 0) is 30.2 Å². The van der Waals surface area contributed by atoms with Crippen LogP contribution < -0.4 is 10.2 Å². The number of carbonyl (C=O) groups is 1. The highest BCUT2D eigenvalue weighted by atomic mass is 16.5. The van der Waals surface area contributed by atoms with Crippen molar-refractivity contribution in [2.75, 3.05) is 31.6 Å². The summed E-state index contributed by atoms with van der Waals surface area (Å²) >= 11 is 0. The molecule has 1 atom stereocenters. The molecule has 0 amide bonds. The van der Waals surface area contributed by atoms with E-state index < -0.39 is 0 Å². The lowest BCUT2D eigenvalue weighted by Gasteiger charge is -2.37. The number of benzene rings is 1. The predicted molar refractivity (Wildman–Crippen MR) is 76.6 cm³/mol. The van der Waals surface area contributed by atoms with Crippen molar-refractivity contribution in [1.82, 2.24) is 5.32 Å². The second-order valence-corrected chi connectivity index (χ2v) is 5.29. The van der Waals surface area contributed by atoms with Gasteiger partial charge < -0.3 is 15.0 Å². The second-order valence-electron chi connectivity index (χ2n) is 5.29. The Bertz CT molecular complexity index is 428. The molecule has 0 aromatic heterocycles. The van der Waals surface area contributed by atoms with E-state index in [2.05, 4.69) is 24.1 Å². The minimum atomic E-state index is -0.285. The van der Waals surface area contributed by atoms with Crippen LogP contribution in [0, 0.1) is 5.92 Å². The maximum absolute atomic E-state index is 11.4. The van der Waals surface area contributed by atoms with E-state index in [9.17, 15) is 4.79 Å². The molecule has 1 saturated heterocycles. The van der Waals surface area contributed by atoms with Gasteiger partial charge in [0.15, 0.2) is 0 Å². The Morgan fingerprint density at radius 1 is 1.37 bits per heavy atom. The van der Waals surface area contributed by atoms with E-state index in [0.717, 1.165) is 19.6 Å². The van der Waals surface area contributed by atoms with E-state index >= 15 is 0 Å². The molecule has 1 N–H and O–H groups in total. The van der Waals surface area contributed by atoms with Gasteiger partial charge in [-0.2, -0.15) is 0 Å². The second kappa shape index (κ2) is 6.06. The average molecular weight is 262 g/mol. The monoisotopic (exact) mass is 262 g/mol. The van der Waals surface area contributed by atoms with Crippen LogP contribution in [0.5, 0.6) is 0 Å². The normalized spacial score (nSPS) is 19.6. The lowest BCUT2D eigenvalue weighted by atomic mass is 10.0. The van der Waals surface area contributed by atoms with Crippen LogP contribution in [-0.4, -0.2) is 38.8 Å². The number of rotatable bonds is 3. The fourth-order valence-corrected chi connectivity index (χ4v) is 2.39. The van der Waals surface area contributed by atoms with E-state index in [1.165, 1.54) is 12.8 Å². The third kappa shape index (κ3) is 3.26. The molecule has 0 spiro atoms. The topological polar surface area (TPSA) is 41.6 Å². The molecule has 1 aliphatic heterocycles. The average Bonchev–Trinajstić information content (AvgIpc) is 2.46. The lowest BCUT2D eigenvalue weighted by molar-refractivity contribution is 0.0601. The zero-order chi connectivity index (χ0) is 13.8. The first-order valence-electron chi connectivity index (χ1n) is 6.78. The smallest absolute Gasteiger partial charge is 0.337 e. The Morgan fingerprint density at radius 3 is 2.63 bits per heavy atom. The summed E-state index contributed by atoms with van der Waals surface area (Å²) in [5, 5.41) is 3.54. The number of nitrogens with one attached hydrogen (secondary N) is 1. The van der Waals surface area contributed by atoms with E-state index in [1.54, 1.807) is 0 Å². The number of esters is 1. The standard InChI is InChI=1S/C15H22N2O2/c1-11(2)14-10-17(9-8-16-14)13-6-4-12(5-7-13)15(18)19-3/h4-7,11,14,16H,8-10H2,1-3H3/t14-/m0/s1. The van der Waals surface area contributed by atoms with Crippen LogP contribution in [-0.2, 0) is 4.74 Å². The number of methoxy groups -OCH3 is 1. The summed E-state index contributed by atoms with van der Waals surface area (Å²) in [7, 11) is 1.40. The maximum Gasteiger partial charge on any atom is 0.337 e. The van der Waals surface area contributed by atoms with Crippen LogP contribution in [0.3, 0.4) is 0 Å². The van der Waals surface area contributed by atoms with E-state index in [0.29, 0.717) is 17.5 Å². The fourth-order valence-electron chi connectivity index (χ4n) is 2.39. The summed E-state index contributed by atoms with van der Waals surface area (Å²) in [6, 6.07) is 8.17. The van der Waals surface area contributed by atoms with Crippen LogP contribution in [0.15, 0.2) is 24.3 Å². The van der Waals surface area contributed by atoms with Crippen molar-refractivity contribution in [3.8, 4) is 0 Å². The Morgan fingerprint density at radius 2 is 2.05 bits per heavy atom. The number of anilines is 1. The number of ether oxygens (including phenoxy) is 1. The fraction of sp³-hybridized carbons (Fsp3) is 0.533. The van der Waals surface area contributed by atoms with Crippen LogP contribution in [0.4, 0.5) is 5.69 Å². The summed E-state index contributed by atoms with van der Waals surface area (Å²) in [6.45, 7) is 7.49. The molecular weight excluding hydrogens is 240 g/mol. The van der Waals surface area contributed by atoms with Crippen LogP contribution in [0.2, 0.25) is 0 Å². The lowest BCUT2D eigenvalue weighted by Crippen LogP contribution is -2.52. The molecular formula is C15H22N2O2. The quantitative estimate of drug-likeness (QED) is 0.845. The van der Waals surface area contributed by atoms with Crippen LogP contribution in [0.25, 0.3) is 0 Å². The van der Waals surface area contributed by atoms with Gasteiger partial charge in [0.1, 0.15) is 0 Å². The number of carbonyl (C=O) groups excluding carboxylic acids is 1. The zero-order valence-corrected chi connectivity index (χ0v) is 11.8. The van der Waals surface area contributed by atoms with E-state index in [4.69, 9.17) is 4.74 Å². The van der Waals surface area contributed by atoms with Gasteiger partial charge in [0.2, 0.25) is 0 Å². The van der Waals surface area contributed by atoms with Crippen LogP contribution >= 0.6 is 0 Å². The van der Waals surface area contributed by atoms with Crippen molar-refractivity contribution in [3.05, 3.63) is 29.8 Å². The zero-order valence-electron chi connectivity index (χ0n) is 11.8. The van der Waals surface area contributed by atoms with Crippen molar-refractivity contribution in [3.63, 3.8) is 0 Å². The highest BCUT2D eigenvalue weighted by molar-refractivity contribution is 5.89. The van der Waals surface area contributed by atoms with Gasteiger partial charge in [0, 0.05) is 31.4 Å². The molecule has 1 aliphatic rings. The Balaban J connectivity index is 2.07. The summed E-state index contributed by atoms with van der Waals surface area (Å²) in [6.07, 6.45) is 0. The molecule has 4 nitrogen and oxygen atoms in total. The molecule has 1 fully saturated rings. The molecule has 19 heavy (non-hydrogen) atoms. The largest absolute Gasteiger partial charge is 0.465 e. The van der Waals surface area contributed by atoms with Gasteiger partial charge in [-0.15, -0.1) is 0 Å². The molecule has 4 heteroatoms. The number of hydrogen-bond acceptors (Lipinski definition) is 4. The molecule has 0 bridgehead atoms. The minimum absolute atomic E-state index is 0.285.